The van der Waals surface area contributed by atoms with Crippen molar-refractivity contribution < 1.29 is 0 Å². The zero-order valence-corrected chi connectivity index (χ0v) is 6.07. The molecule has 50 valence electrons. The Morgan fingerprint density at radius 1 is 1.67 bits per heavy atom. The van der Waals surface area contributed by atoms with Crippen molar-refractivity contribution in [2.24, 2.45) is 0 Å². The van der Waals surface area contributed by atoms with E-state index < -0.39 is 0 Å². The summed E-state index contributed by atoms with van der Waals surface area (Å²) in [4.78, 5) is 0. The molecule has 9 heavy (non-hydrogen) atoms. The summed E-state index contributed by atoms with van der Waals surface area (Å²) in [7, 11) is 0. The van der Waals surface area contributed by atoms with Crippen molar-refractivity contribution in [1.82, 2.24) is 0 Å². The zero-order valence-electron chi connectivity index (χ0n) is 6.07. The van der Waals surface area contributed by atoms with Crippen LogP contribution in [0.4, 0.5) is 0 Å². The van der Waals surface area contributed by atoms with Crippen LogP contribution in [0, 0.1) is 5.41 Å². The molecule has 0 aromatic heterocycles. The fraction of sp³-hybridized carbons (Fsp3) is 0.375. The second kappa shape index (κ2) is 4.07. The molecule has 0 aromatic carbocycles. The maximum atomic E-state index is 7.25. The van der Waals surface area contributed by atoms with E-state index in [2.05, 4.69) is 6.58 Å². The van der Waals surface area contributed by atoms with Crippen molar-refractivity contribution in [3.8, 4) is 0 Å². The SMILES string of the molecule is C=C/C(C)=C\C(=N)CC. The van der Waals surface area contributed by atoms with Gasteiger partial charge >= 0.3 is 0 Å². The molecule has 0 aliphatic carbocycles. The van der Waals surface area contributed by atoms with Gasteiger partial charge in [-0.2, -0.15) is 0 Å². The first-order valence-corrected chi connectivity index (χ1v) is 3.08. The number of hydrogen-bond acceptors (Lipinski definition) is 1. The minimum Gasteiger partial charge on any atom is -0.305 e. The predicted octanol–water partition coefficient (Wildman–Crippen LogP) is 2.55. The third-order valence-electron chi connectivity index (χ3n) is 1.10. The molecule has 0 saturated heterocycles. The Bertz CT molecular complexity index is 143. The van der Waals surface area contributed by atoms with E-state index in [1.165, 1.54) is 0 Å². The van der Waals surface area contributed by atoms with Gasteiger partial charge in [-0.05, 0) is 25.0 Å². The van der Waals surface area contributed by atoms with E-state index in [1.54, 1.807) is 6.08 Å². The molecule has 0 spiro atoms. The summed E-state index contributed by atoms with van der Waals surface area (Å²) in [6.07, 6.45) is 4.38. The van der Waals surface area contributed by atoms with E-state index >= 15 is 0 Å². The van der Waals surface area contributed by atoms with Crippen LogP contribution in [0.1, 0.15) is 20.3 Å². The summed E-state index contributed by atoms with van der Waals surface area (Å²) in [5, 5.41) is 7.25. The molecular weight excluding hydrogens is 110 g/mol. The summed E-state index contributed by atoms with van der Waals surface area (Å²) in [6.45, 7) is 7.49. The Hall–Kier alpha value is -0.850. The second-order valence-corrected chi connectivity index (χ2v) is 1.97. The maximum Gasteiger partial charge on any atom is 0.0313 e. The Morgan fingerprint density at radius 2 is 2.22 bits per heavy atom. The molecule has 1 N–H and O–H groups in total. The first-order chi connectivity index (χ1) is 4.20. The zero-order chi connectivity index (χ0) is 7.28. The summed E-state index contributed by atoms with van der Waals surface area (Å²) in [5.41, 5.74) is 1.72. The van der Waals surface area contributed by atoms with Gasteiger partial charge in [0.25, 0.3) is 0 Å². The van der Waals surface area contributed by atoms with Gasteiger partial charge in [-0.1, -0.05) is 19.6 Å². The van der Waals surface area contributed by atoms with E-state index in [1.807, 2.05) is 19.9 Å². The van der Waals surface area contributed by atoms with Gasteiger partial charge in [0, 0.05) is 5.71 Å². The molecule has 0 amide bonds. The van der Waals surface area contributed by atoms with E-state index in [0.717, 1.165) is 12.0 Å². The van der Waals surface area contributed by atoms with Gasteiger partial charge in [0.2, 0.25) is 0 Å². The van der Waals surface area contributed by atoms with Crippen LogP contribution < -0.4 is 0 Å². The molecule has 0 saturated carbocycles. The average molecular weight is 123 g/mol. The third-order valence-corrected chi connectivity index (χ3v) is 1.10. The van der Waals surface area contributed by atoms with E-state index in [0.29, 0.717) is 5.71 Å². The standard InChI is InChI=1S/C8H13N/c1-4-7(3)6-8(9)5-2/h4,6,9H,1,5H2,2-3H3/b7-6-,9-8?. The summed E-state index contributed by atoms with van der Waals surface area (Å²) >= 11 is 0. The molecule has 0 aromatic rings. The van der Waals surface area contributed by atoms with Gasteiger partial charge in [0.1, 0.15) is 0 Å². The van der Waals surface area contributed by atoms with Crippen LogP contribution in [-0.2, 0) is 0 Å². The van der Waals surface area contributed by atoms with Crippen molar-refractivity contribution >= 4 is 5.71 Å². The summed E-state index contributed by atoms with van der Waals surface area (Å²) in [5.74, 6) is 0. The Balaban J connectivity index is 3.94. The van der Waals surface area contributed by atoms with Crippen LogP contribution in [0.3, 0.4) is 0 Å². The molecule has 0 radical (unpaired) electrons. The highest BCUT2D eigenvalue weighted by molar-refractivity contribution is 5.92. The summed E-state index contributed by atoms with van der Waals surface area (Å²) in [6, 6.07) is 0. The molecule has 0 atom stereocenters. The normalized spacial score (nSPS) is 11.1. The summed E-state index contributed by atoms with van der Waals surface area (Å²) < 4.78 is 0. The van der Waals surface area contributed by atoms with Crippen molar-refractivity contribution in [3.05, 3.63) is 24.3 Å². The molecule has 0 bridgehead atoms. The fourth-order valence-electron chi connectivity index (χ4n) is 0.436. The van der Waals surface area contributed by atoms with E-state index in [9.17, 15) is 0 Å². The van der Waals surface area contributed by atoms with Gasteiger partial charge in [-0.25, -0.2) is 0 Å². The molecule has 0 fully saturated rings. The van der Waals surface area contributed by atoms with Crippen LogP contribution in [0.25, 0.3) is 0 Å². The highest BCUT2D eigenvalue weighted by Crippen LogP contribution is 1.94. The van der Waals surface area contributed by atoms with Crippen molar-refractivity contribution in [3.63, 3.8) is 0 Å². The molecule has 0 unspecified atom stereocenters. The second-order valence-electron chi connectivity index (χ2n) is 1.97. The number of hydrogen-bond donors (Lipinski definition) is 1. The smallest absolute Gasteiger partial charge is 0.0313 e. The Kier molecular flexibility index (Phi) is 3.69. The lowest BCUT2D eigenvalue weighted by molar-refractivity contribution is 1.25. The highest BCUT2D eigenvalue weighted by Gasteiger charge is 1.84. The van der Waals surface area contributed by atoms with E-state index in [4.69, 9.17) is 5.41 Å². The van der Waals surface area contributed by atoms with Gasteiger partial charge in [-0.3, -0.25) is 0 Å². The minimum absolute atomic E-state index is 0.660. The Labute approximate surface area is 56.6 Å². The molecule has 0 aliphatic heterocycles. The molecular formula is C8H13N. The van der Waals surface area contributed by atoms with Crippen molar-refractivity contribution in [2.45, 2.75) is 20.3 Å². The fourth-order valence-corrected chi connectivity index (χ4v) is 0.436. The lowest BCUT2D eigenvalue weighted by Gasteiger charge is -1.90. The predicted molar refractivity (Wildman–Crippen MR) is 42.0 cm³/mol. The molecule has 0 rings (SSSR count). The highest BCUT2D eigenvalue weighted by atomic mass is 14.4. The van der Waals surface area contributed by atoms with Crippen molar-refractivity contribution in [2.75, 3.05) is 0 Å². The monoisotopic (exact) mass is 123 g/mol. The van der Waals surface area contributed by atoms with Crippen LogP contribution in [0.15, 0.2) is 24.3 Å². The maximum absolute atomic E-state index is 7.25. The minimum atomic E-state index is 0.660. The van der Waals surface area contributed by atoms with Gasteiger partial charge in [-0.15, -0.1) is 0 Å². The molecule has 0 heterocycles. The van der Waals surface area contributed by atoms with Crippen LogP contribution >= 0.6 is 0 Å². The number of nitrogens with one attached hydrogen (secondary N) is 1. The topological polar surface area (TPSA) is 23.9 Å². The first kappa shape index (κ1) is 8.15. The largest absolute Gasteiger partial charge is 0.305 e. The lowest BCUT2D eigenvalue weighted by atomic mass is 10.2. The molecule has 1 nitrogen and oxygen atoms in total. The lowest BCUT2D eigenvalue weighted by Crippen LogP contribution is -1.86. The molecule has 1 heteroatoms. The third kappa shape index (κ3) is 3.71. The van der Waals surface area contributed by atoms with Crippen LogP contribution in [0.5, 0.6) is 0 Å². The van der Waals surface area contributed by atoms with Crippen LogP contribution in [0.2, 0.25) is 0 Å². The molecule has 0 aliphatic rings. The number of rotatable bonds is 3. The van der Waals surface area contributed by atoms with Gasteiger partial charge in [0.15, 0.2) is 0 Å². The quantitative estimate of drug-likeness (QED) is 0.440. The Morgan fingerprint density at radius 3 is 2.56 bits per heavy atom. The van der Waals surface area contributed by atoms with Gasteiger partial charge < -0.3 is 5.41 Å². The van der Waals surface area contributed by atoms with Crippen molar-refractivity contribution in [1.29, 1.82) is 5.41 Å². The number of allylic oxidation sites excluding steroid dienone is 3. The first-order valence-electron chi connectivity index (χ1n) is 3.08. The van der Waals surface area contributed by atoms with E-state index in [-0.39, 0.29) is 0 Å². The van der Waals surface area contributed by atoms with Crippen LogP contribution in [-0.4, -0.2) is 5.71 Å². The van der Waals surface area contributed by atoms with Gasteiger partial charge in [0.05, 0.1) is 0 Å². The average Bonchev–Trinajstić information content (AvgIpc) is 1.87.